The summed E-state index contributed by atoms with van der Waals surface area (Å²) in [4.78, 5) is 13.8. The number of allylic oxidation sites excluding steroid dienone is 1. The Morgan fingerprint density at radius 2 is 1.37 bits per heavy atom. The Morgan fingerprint density at radius 1 is 0.846 bits per heavy atom. The van der Waals surface area contributed by atoms with E-state index < -0.39 is 16.9 Å². The number of rotatable bonds is 19. The van der Waals surface area contributed by atoms with Gasteiger partial charge in [-0.05, 0) is 46.5 Å². The molecule has 8 atom stereocenters. The smallest absolute Gasteiger partial charge is 0.349 e. The normalized spacial score (nSPS) is 23.3. The summed E-state index contributed by atoms with van der Waals surface area (Å²) in [5.74, 6) is 0.296. The van der Waals surface area contributed by atoms with Crippen LogP contribution in [-0.4, -0.2) is 61.3 Å². The van der Waals surface area contributed by atoms with Crippen molar-refractivity contribution in [3.63, 3.8) is 0 Å². The number of ether oxygens (including phenoxy) is 2. The van der Waals surface area contributed by atoms with Crippen molar-refractivity contribution < 1.29 is 27.5 Å². The highest BCUT2D eigenvalue weighted by Gasteiger charge is 2.64. The van der Waals surface area contributed by atoms with Crippen LogP contribution in [0.1, 0.15) is 130 Å². The maximum Gasteiger partial charge on any atom is 0.349 e. The molecule has 0 unspecified atom stereocenters. The zero-order valence-electron chi connectivity index (χ0n) is 36.7. The van der Waals surface area contributed by atoms with Crippen molar-refractivity contribution in [1.29, 1.82) is 0 Å². The molecule has 6 nitrogen and oxygen atoms in total. The van der Waals surface area contributed by atoms with Gasteiger partial charge in [-0.15, -0.1) is 0 Å². The molecule has 2 rings (SSSR count). The van der Waals surface area contributed by atoms with E-state index in [0.29, 0.717) is 36.4 Å². The molecular formula is C44H80O6Si2. The van der Waals surface area contributed by atoms with Crippen LogP contribution in [0.4, 0.5) is 0 Å². The molecule has 300 valence electrons. The predicted molar refractivity (Wildman–Crippen MR) is 223 cm³/mol. The van der Waals surface area contributed by atoms with Gasteiger partial charge in [-0.2, -0.15) is 0 Å². The Kier molecular flexibility index (Phi) is 17.8. The van der Waals surface area contributed by atoms with Crippen LogP contribution in [-0.2, 0) is 34.2 Å². The lowest BCUT2D eigenvalue weighted by Crippen LogP contribution is -2.67. The average molecular weight is 761 g/mol. The van der Waals surface area contributed by atoms with E-state index in [0.717, 1.165) is 6.42 Å². The minimum absolute atomic E-state index is 0.0135. The summed E-state index contributed by atoms with van der Waals surface area (Å²) in [5, 5.41) is -0.346. The Bertz CT molecular complexity index is 1200. The second kappa shape index (κ2) is 19.6. The fourth-order valence-electron chi connectivity index (χ4n) is 9.58. The van der Waals surface area contributed by atoms with Gasteiger partial charge in [0.05, 0.1) is 31.5 Å². The molecule has 1 aromatic rings. The summed E-state index contributed by atoms with van der Waals surface area (Å²) in [6.45, 7) is 40.3. The average Bonchev–Trinajstić information content (AvgIpc) is 3.04. The number of methoxy groups -OCH3 is 1. The molecule has 0 aliphatic carbocycles. The van der Waals surface area contributed by atoms with Gasteiger partial charge in [0.15, 0.2) is 14.1 Å². The van der Waals surface area contributed by atoms with Crippen molar-refractivity contribution in [2.24, 2.45) is 29.6 Å². The lowest BCUT2D eigenvalue weighted by atomic mass is 9.83. The van der Waals surface area contributed by atoms with Gasteiger partial charge < -0.3 is 22.8 Å². The minimum atomic E-state index is -2.85. The van der Waals surface area contributed by atoms with Gasteiger partial charge in [-0.1, -0.05) is 154 Å². The third-order valence-corrected chi connectivity index (χ3v) is 23.4. The van der Waals surface area contributed by atoms with Gasteiger partial charge >= 0.3 is 8.56 Å². The van der Waals surface area contributed by atoms with Crippen molar-refractivity contribution in [3.05, 3.63) is 48.0 Å². The van der Waals surface area contributed by atoms with E-state index in [-0.39, 0.29) is 63.8 Å². The van der Waals surface area contributed by atoms with Crippen LogP contribution in [0.3, 0.4) is 0 Å². The first kappa shape index (κ1) is 47.0. The van der Waals surface area contributed by atoms with E-state index in [2.05, 4.69) is 129 Å². The van der Waals surface area contributed by atoms with Gasteiger partial charge in [0.1, 0.15) is 0 Å². The second-order valence-corrected chi connectivity index (χ2v) is 29.3. The molecule has 0 amide bonds. The Labute approximate surface area is 322 Å². The van der Waals surface area contributed by atoms with E-state index >= 15 is 0 Å². The second-order valence-electron chi connectivity index (χ2n) is 19.2. The van der Waals surface area contributed by atoms with Gasteiger partial charge in [-0.25, -0.2) is 0 Å². The molecule has 1 aromatic carbocycles. The van der Waals surface area contributed by atoms with Crippen molar-refractivity contribution in [2.75, 3.05) is 20.3 Å². The van der Waals surface area contributed by atoms with Crippen LogP contribution in [0.5, 0.6) is 0 Å². The van der Waals surface area contributed by atoms with Gasteiger partial charge in [0.25, 0.3) is 0 Å². The van der Waals surface area contributed by atoms with Crippen LogP contribution in [0.15, 0.2) is 42.5 Å². The van der Waals surface area contributed by atoms with Crippen LogP contribution in [0.2, 0.25) is 26.7 Å². The summed E-state index contributed by atoms with van der Waals surface area (Å²) in [6, 6.07) is 10.3. The monoisotopic (exact) mass is 761 g/mol. The molecule has 0 bridgehead atoms. The summed E-state index contributed by atoms with van der Waals surface area (Å²) in [6.07, 6.45) is 4.42. The van der Waals surface area contributed by atoms with Crippen LogP contribution in [0.25, 0.3) is 0 Å². The molecular weight excluding hydrogens is 681 g/mol. The molecule has 0 aromatic heterocycles. The third-order valence-electron chi connectivity index (χ3n) is 12.2. The highest BCUT2D eigenvalue weighted by molar-refractivity contribution is 6.77. The number of benzene rings is 1. The fourth-order valence-corrected chi connectivity index (χ4v) is 20.4. The zero-order chi connectivity index (χ0) is 39.8. The van der Waals surface area contributed by atoms with Crippen LogP contribution >= 0.6 is 0 Å². The largest absolute Gasteiger partial charge is 0.416 e. The van der Waals surface area contributed by atoms with E-state index in [1.165, 1.54) is 5.56 Å². The van der Waals surface area contributed by atoms with Crippen molar-refractivity contribution in [1.82, 2.24) is 0 Å². The highest BCUT2D eigenvalue weighted by atomic mass is 28.4. The summed E-state index contributed by atoms with van der Waals surface area (Å²) < 4.78 is 33.8. The third kappa shape index (κ3) is 11.0. The maximum atomic E-state index is 13.8. The molecule has 1 fully saturated rings. The molecule has 0 saturated carbocycles. The standard InChI is InChI=1S/C44H80O6Si2/c1-30(2)51(31(3)4,32(5)6)48-27-26-34(8)40(46-18)36(10)39(45)25-24-33(7)41-37(11)42(35(9)28-47-29-38-22-20-19-21-23-38)50-52(49-41,43(12,13)14)44(15,16)17/h19-25,30-37,40-42H,26-29H2,1-18H3/b25-24+/t33-,34+,35-,36-,37-,40+,41-,42-/m0/s1. The Hall–Kier alpha value is -1.14. The molecule has 1 saturated heterocycles. The summed E-state index contributed by atoms with van der Waals surface area (Å²) >= 11 is 0. The fraction of sp³-hybridized carbons (Fsp3) is 0.795. The van der Waals surface area contributed by atoms with Crippen molar-refractivity contribution in [3.8, 4) is 0 Å². The lowest BCUT2D eigenvalue weighted by Gasteiger charge is -2.58. The first-order valence-electron chi connectivity index (χ1n) is 20.3. The molecule has 8 heteroatoms. The maximum absolute atomic E-state index is 13.8. The van der Waals surface area contributed by atoms with Crippen LogP contribution < -0.4 is 0 Å². The molecule has 0 N–H and O–H groups in total. The number of carbonyl (C=O) groups excluding carboxylic acids is 1. The molecule has 1 heterocycles. The predicted octanol–water partition coefficient (Wildman–Crippen LogP) is 11.9. The van der Waals surface area contributed by atoms with Gasteiger partial charge in [-0.3, -0.25) is 4.79 Å². The number of ketones is 1. The van der Waals surface area contributed by atoms with E-state index in [9.17, 15) is 4.79 Å². The first-order valence-corrected chi connectivity index (χ1v) is 24.3. The summed E-state index contributed by atoms with van der Waals surface area (Å²) in [7, 11) is -3.06. The van der Waals surface area contributed by atoms with E-state index in [1.807, 2.05) is 25.1 Å². The highest BCUT2D eigenvalue weighted by Crippen LogP contribution is 2.57. The topological polar surface area (TPSA) is 63.2 Å². The first-order chi connectivity index (χ1) is 24.0. The summed E-state index contributed by atoms with van der Waals surface area (Å²) in [5.41, 5.74) is 2.80. The van der Waals surface area contributed by atoms with E-state index in [1.54, 1.807) is 13.2 Å². The number of hydrogen-bond acceptors (Lipinski definition) is 6. The molecule has 52 heavy (non-hydrogen) atoms. The van der Waals surface area contributed by atoms with Crippen molar-refractivity contribution in [2.45, 2.75) is 176 Å². The Morgan fingerprint density at radius 3 is 1.85 bits per heavy atom. The zero-order valence-corrected chi connectivity index (χ0v) is 38.7. The van der Waals surface area contributed by atoms with E-state index in [4.69, 9.17) is 22.8 Å². The lowest BCUT2D eigenvalue weighted by molar-refractivity contribution is -0.123. The molecule has 0 radical (unpaired) electrons. The minimum Gasteiger partial charge on any atom is -0.416 e. The number of hydrogen-bond donors (Lipinski definition) is 0. The number of carbonyl (C=O) groups is 1. The molecule has 1 aliphatic rings. The Balaban J connectivity index is 2.25. The molecule has 1 aliphatic heterocycles. The van der Waals surface area contributed by atoms with Crippen LogP contribution in [0, 0.1) is 29.6 Å². The van der Waals surface area contributed by atoms with Gasteiger partial charge in [0, 0.05) is 41.5 Å². The van der Waals surface area contributed by atoms with Crippen molar-refractivity contribution >= 4 is 22.7 Å². The quantitative estimate of drug-likeness (QED) is 0.103. The molecule has 0 spiro atoms. The SMILES string of the molecule is CO[C@H]([C@H](C)CCO[Si](C(C)C)(C(C)C)C(C)C)[C@@H](C)C(=O)/C=C/[C@H](C)[C@@H]1O[Si](C(C)(C)C)(C(C)(C)C)O[C@@H]([C@@H](C)COCc2ccccc2)[C@H]1C. The van der Waals surface area contributed by atoms with Gasteiger partial charge in [0.2, 0.25) is 0 Å².